The Morgan fingerprint density at radius 2 is 1.29 bits per heavy atom. The predicted molar refractivity (Wildman–Crippen MR) is 62.3 cm³/mol. The van der Waals surface area contributed by atoms with Crippen molar-refractivity contribution in [2.75, 3.05) is 13.2 Å². The van der Waals surface area contributed by atoms with Crippen LogP contribution in [-0.2, 0) is 4.74 Å². The zero-order chi connectivity index (χ0) is 11.4. The van der Waals surface area contributed by atoms with Crippen molar-refractivity contribution in [3.63, 3.8) is 0 Å². The average molecular weight is 201 g/mol. The third-order valence-electron chi connectivity index (χ3n) is 3.18. The molecule has 0 aromatic heterocycles. The van der Waals surface area contributed by atoms with E-state index < -0.39 is 0 Å². The Morgan fingerprint density at radius 1 is 0.929 bits per heavy atom. The van der Waals surface area contributed by atoms with Crippen LogP contribution in [0.25, 0.3) is 0 Å². The number of rotatable bonds is 6. The summed E-state index contributed by atoms with van der Waals surface area (Å²) >= 11 is 0. The molecule has 0 rings (SSSR count). The second-order valence-corrected chi connectivity index (χ2v) is 4.95. The maximum Gasteiger partial charge on any atom is 0.0751 e. The van der Waals surface area contributed by atoms with Gasteiger partial charge in [0.05, 0.1) is 12.2 Å². The standard InChI is InChI=1S/C12H27NO/c1-9(2)12(10(3)4,11(5)6)14-8-7-13/h9-11H,7-8,13H2,1-6H3. The molecule has 2 nitrogen and oxygen atoms in total. The second kappa shape index (κ2) is 5.72. The van der Waals surface area contributed by atoms with Crippen molar-refractivity contribution in [3.8, 4) is 0 Å². The average Bonchev–Trinajstić information content (AvgIpc) is 2.03. The molecule has 0 atom stereocenters. The Bertz CT molecular complexity index is 131. The van der Waals surface area contributed by atoms with Gasteiger partial charge in [-0.3, -0.25) is 0 Å². The minimum atomic E-state index is -0.0284. The second-order valence-electron chi connectivity index (χ2n) is 4.95. The Kier molecular flexibility index (Phi) is 5.68. The largest absolute Gasteiger partial charge is 0.373 e. The van der Waals surface area contributed by atoms with E-state index in [1.807, 2.05) is 0 Å². The highest BCUT2D eigenvalue weighted by atomic mass is 16.5. The molecule has 0 heterocycles. The van der Waals surface area contributed by atoms with E-state index >= 15 is 0 Å². The van der Waals surface area contributed by atoms with Crippen LogP contribution >= 0.6 is 0 Å². The Balaban J connectivity index is 4.76. The summed E-state index contributed by atoms with van der Waals surface area (Å²) in [6.45, 7) is 14.7. The normalized spacial score (nSPS) is 13.3. The lowest BCUT2D eigenvalue weighted by Gasteiger charge is -2.44. The first-order valence-corrected chi connectivity index (χ1v) is 5.73. The Labute approximate surface area is 89.2 Å². The minimum absolute atomic E-state index is 0.0284. The summed E-state index contributed by atoms with van der Waals surface area (Å²) in [5, 5.41) is 0. The van der Waals surface area contributed by atoms with E-state index in [2.05, 4.69) is 41.5 Å². The molecule has 0 saturated carbocycles. The highest BCUT2D eigenvalue weighted by Gasteiger charge is 2.40. The van der Waals surface area contributed by atoms with Crippen molar-refractivity contribution in [1.82, 2.24) is 0 Å². The SMILES string of the molecule is CC(C)C(OCCN)(C(C)C)C(C)C. The molecule has 86 valence electrons. The third-order valence-corrected chi connectivity index (χ3v) is 3.18. The first-order chi connectivity index (χ1) is 6.39. The number of ether oxygens (including phenoxy) is 1. The fraction of sp³-hybridized carbons (Fsp3) is 1.00. The fourth-order valence-corrected chi connectivity index (χ4v) is 2.74. The zero-order valence-corrected chi connectivity index (χ0v) is 10.6. The van der Waals surface area contributed by atoms with E-state index in [1.165, 1.54) is 0 Å². The molecule has 0 aliphatic heterocycles. The van der Waals surface area contributed by atoms with Gasteiger partial charge in [-0.05, 0) is 17.8 Å². The van der Waals surface area contributed by atoms with Gasteiger partial charge in [0.1, 0.15) is 0 Å². The molecule has 14 heavy (non-hydrogen) atoms. The van der Waals surface area contributed by atoms with Crippen LogP contribution in [0.4, 0.5) is 0 Å². The smallest absolute Gasteiger partial charge is 0.0751 e. The molecular formula is C12H27NO. The van der Waals surface area contributed by atoms with E-state index in [4.69, 9.17) is 10.5 Å². The topological polar surface area (TPSA) is 35.2 Å². The fourth-order valence-electron chi connectivity index (χ4n) is 2.74. The summed E-state index contributed by atoms with van der Waals surface area (Å²) in [7, 11) is 0. The molecule has 2 N–H and O–H groups in total. The summed E-state index contributed by atoms with van der Waals surface area (Å²) in [4.78, 5) is 0. The molecule has 0 bridgehead atoms. The Morgan fingerprint density at radius 3 is 1.50 bits per heavy atom. The van der Waals surface area contributed by atoms with Gasteiger partial charge in [-0.25, -0.2) is 0 Å². The van der Waals surface area contributed by atoms with E-state index in [0.29, 0.717) is 30.9 Å². The van der Waals surface area contributed by atoms with Crippen LogP contribution in [0.15, 0.2) is 0 Å². The molecule has 0 aliphatic rings. The lowest BCUT2D eigenvalue weighted by Crippen LogP contribution is -2.49. The molecule has 0 aromatic carbocycles. The number of nitrogens with two attached hydrogens (primary N) is 1. The Hall–Kier alpha value is -0.0800. The highest BCUT2D eigenvalue weighted by Crippen LogP contribution is 2.37. The zero-order valence-electron chi connectivity index (χ0n) is 10.6. The summed E-state index contributed by atoms with van der Waals surface area (Å²) in [5.74, 6) is 1.57. The third kappa shape index (κ3) is 2.71. The van der Waals surface area contributed by atoms with E-state index in [1.54, 1.807) is 0 Å². The molecule has 0 spiro atoms. The van der Waals surface area contributed by atoms with Crippen LogP contribution in [-0.4, -0.2) is 18.8 Å². The van der Waals surface area contributed by atoms with Gasteiger partial charge in [-0.2, -0.15) is 0 Å². The van der Waals surface area contributed by atoms with Gasteiger partial charge >= 0.3 is 0 Å². The van der Waals surface area contributed by atoms with Crippen LogP contribution in [0.5, 0.6) is 0 Å². The molecular weight excluding hydrogens is 174 g/mol. The maximum absolute atomic E-state index is 6.04. The van der Waals surface area contributed by atoms with Crippen LogP contribution in [0.1, 0.15) is 41.5 Å². The quantitative estimate of drug-likeness (QED) is 0.717. The van der Waals surface area contributed by atoms with Gasteiger partial charge in [0.15, 0.2) is 0 Å². The lowest BCUT2D eigenvalue weighted by molar-refractivity contribution is -0.138. The van der Waals surface area contributed by atoms with Crippen LogP contribution in [0, 0.1) is 17.8 Å². The number of hydrogen-bond donors (Lipinski definition) is 1. The van der Waals surface area contributed by atoms with Crippen molar-refractivity contribution >= 4 is 0 Å². The molecule has 0 aliphatic carbocycles. The number of hydrogen-bond acceptors (Lipinski definition) is 2. The molecule has 0 aromatic rings. The van der Waals surface area contributed by atoms with E-state index in [9.17, 15) is 0 Å². The van der Waals surface area contributed by atoms with Crippen molar-refractivity contribution < 1.29 is 4.74 Å². The maximum atomic E-state index is 6.04. The van der Waals surface area contributed by atoms with Gasteiger partial charge in [-0.15, -0.1) is 0 Å². The summed E-state index contributed by atoms with van der Waals surface area (Å²) in [6.07, 6.45) is 0. The van der Waals surface area contributed by atoms with Crippen LogP contribution in [0.2, 0.25) is 0 Å². The minimum Gasteiger partial charge on any atom is -0.373 e. The van der Waals surface area contributed by atoms with Crippen LogP contribution in [0.3, 0.4) is 0 Å². The molecule has 2 heteroatoms. The van der Waals surface area contributed by atoms with Gasteiger partial charge in [-0.1, -0.05) is 41.5 Å². The van der Waals surface area contributed by atoms with Crippen molar-refractivity contribution in [1.29, 1.82) is 0 Å². The first kappa shape index (κ1) is 13.9. The van der Waals surface area contributed by atoms with Gasteiger partial charge < -0.3 is 10.5 Å². The highest BCUT2D eigenvalue weighted by molar-refractivity contribution is 4.90. The van der Waals surface area contributed by atoms with Gasteiger partial charge in [0.25, 0.3) is 0 Å². The molecule has 0 radical (unpaired) electrons. The predicted octanol–water partition coefficient (Wildman–Crippen LogP) is 2.67. The molecule has 0 amide bonds. The summed E-state index contributed by atoms with van der Waals surface area (Å²) in [6, 6.07) is 0. The molecule has 0 fully saturated rings. The molecule has 0 unspecified atom stereocenters. The molecule has 0 saturated heterocycles. The van der Waals surface area contributed by atoms with Gasteiger partial charge in [0.2, 0.25) is 0 Å². The van der Waals surface area contributed by atoms with E-state index in [0.717, 1.165) is 0 Å². The van der Waals surface area contributed by atoms with Crippen molar-refractivity contribution in [2.24, 2.45) is 23.5 Å². The van der Waals surface area contributed by atoms with Crippen LogP contribution < -0.4 is 5.73 Å². The van der Waals surface area contributed by atoms with E-state index in [-0.39, 0.29) is 5.60 Å². The lowest BCUT2D eigenvalue weighted by atomic mass is 9.72. The first-order valence-electron chi connectivity index (χ1n) is 5.73. The van der Waals surface area contributed by atoms with Crippen molar-refractivity contribution in [2.45, 2.75) is 47.1 Å². The monoisotopic (exact) mass is 201 g/mol. The summed E-state index contributed by atoms with van der Waals surface area (Å²) in [5.41, 5.74) is 5.48. The van der Waals surface area contributed by atoms with Gasteiger partial charge in [0, 0.05) is 6.54 Å². The summed E-state index contributed by atoms with van der Waals surface area (Å²) < 4.78 is 6.04. The van der Waals surface area contributed by atoms with Crippen molar-refractivity contribution in [3.05, 3.63) is 0 Å².